The van der Waals surface area contributed by atoms with Gasteiger partial charge in [-0.05, 0) is 50.6 Å². The number of halogens is 1. The molecule has 1 aromatic heterocycles. The van der Waals surface area contributed by atoms with Crippen molar-refractivity contribution in [3.8, 4) is 0 Å². The molecule has 0 aliphatic carbocycles. The van der Waals surface area contributed by atoms with Gasteiger partial charge in [0.05, 0.1) is 11.4 Å². The number of pyridine rings is 1. The van der Waals surface area contributed by atoms with Gasteiger partial charge in [-0.15, -0.1) is 0 Å². The number of para-hydroxylation sites is 1. The number of nitrogens with zero attached hydrogens (tertiary/aromatic N) is 4. The van der Waals surface area contributed by atoms with Crippen LogP contribution in [0.4, 0.5) is 10.1 Å². The molecule has 5 heteroatoms. The fourth-order valence-corrected chi connectivity index (χ4v) is 4.43. The normalized spacial score (nSPS) is 22.1. The van der Waals surface area contributed by atoms with E-state index in [0.717, 1.165) is 57.2 Å². The molecule has 0 unspecified atom stereocenters. The van der Waals surface area contributed by atoms with Crippen molar-refractivity contribution in [3.63, 3.8) is 0 Å². The van der Waals surface area contributed by atoms with Gasteiger partial charge in [0.2, 0.25) is 0 Å². The Labute approximate surface area is 161 Å². The summed E-state index contributed by atoms with van der Waals surface area (Å²) in [6.45, 7) is 9.07. The Morgan fingerprint density at radius 1 is 1.00 bits per heavy atom. The minimum atomic E-state index is -0.111. The molecule has 4 rings (SSSR count). The number of anilines is 1. The molecule has 2 fully saturated rings. The molecule has 0 radical (unpaired) electrons. The van der Waals surface area contributed by atoms with Gasteiger partial charge >= 0.3 is 0 Å². The molecular weight excluding hydrogens is 339 g/mol. The van der Waals surface area contributed by atoms with Crippen LogP contribution in [0.2, 0.25) is 0 Å². The quantitative estimate of drug-likeness (QED) is 0.826. The van der Waals surface area contributed by atoms with Crippen LogP contribution in [0.15, 0.2) is 42.5 Å². The lowest BCUT2D eigenvalue weighted by Gasteiger charge is -2.44. The second-order valence-electron chi connectivity index (χ2n) is 7.78. The number of aromatic nitrogens is 1. The van der Waals surface area contributed by atoms with Crippen molar-refractivity contribution in [2.75, 3.05) is 44.2 Å². The topological polar surface area (TPSA) is 22.6 Å². The molecule has 0 saturated carbocycles. The Kier molecular flexibility index (Phi) is 5.69. The summed E-state index contributed by atoms with van der Waals surface area (Å²) in [6.07, 6.45) is 2.50. The Balaban J connectivity index is 1.32. The first kappa shape index (κ1) is 18.4. The molecule has 3 heterocycles. The maximum Gasteiger partial charge on any atom is 0.146 e. The molecule has 1 atom stereocenters. The van der Waals surface area contributed by atoms with E-state index in [4.69, 9.17) is 0 Å². The van der Waals surface area contributed by atoms with Gasteiger partial charge in [-0.1, -0.05) is 18.2 Å². The summed E-state index contributed by atoms with van der Waals surface area (Å²) in [5.74, 6) is -0.111. The van der Waals surface area contributed by atoms with E-state index in [1.165, 1.54) is 18.5 Å². The molecule has 0 bridgehead atoms. The molecule has 2 aromatic rings. The van der Waals surface area contributed by atoms with Crippen LogP contribution in [-0.4, -0.2) is 60.1 Å². The van der Waals surface area contributed by atoms with E-state index in [-0.39, 0.29) is 5.82 Å². The van der Waals surface area contributed by atoms with Crippen LogP contribution in [0, 0.1) is 12.7 Å². The van der Waals surface area contributed by atoms with Crippen LogP contribution < -0.4 is 4.90 Å². The van der Waals surface area contributed by atoms with Gasteiger partial charge < -0.3 is 4.90 Å². The monoisotopic (exact) mass is 368 g/mol. The fraction of sp³-hybridized carbons (Fsp3) is 0.500. The zero-order valence-corrected chi connectivity index (χ0v) is 16.1. The highest BCUT2D eigenvalue weighted by Gasteiger charge is 2.28. The number of hydrogen-bond acceptors (Lipinski definition) is 4. The van der Waals surface area contributed by atoms with Crippen molar-refractivity contribution >= 4 is 5.69 Å². The molecule has 2 saturated heterocycles. The average Bonchev–Trinajstić information content (AvgIpc) is 2.69. The van der Waals surface area contributed by atoms with Gasteiger partial charge in [-0.3, -0.25) is 14.8 Å². The average molecular weight is 369 g/mol. The summed E-state index contributed by atoms with van der Waals surface area (Å²) in [4.78, 5) is 12.0. The van der Waals surface area contributed by atoms with E-state index in [9.17, 15) is 4.39 Å². The molecule has 0 spiro atoms. The van der Waals surface area contributed by atoms with E-state index >= 15 is 0 Å². The standard InChI is InChI=1S/C22H29FN4/c1-18-6-4-7-19(24-18)16-25-11-5-8-20(17-25)26-12-14-27(15-13-26)22-10-3-2-9-21(22)23/h2-4,6-7,9-10,20H,5,8,11-17H2,1H3/t20-/m1/s1. The third kappa shape index (κ3) is 4.47. The number of likely N-dealkylation sites (tertiary alicyclic amines) is 1. The molecular formula is C22H29FN4. The summed E-state index contributed by atoms with van der Waals surface area (Å²) in [5, 5.41) is 0. The number of aryl methyl sites for hydroxylation is 1. The molecule has 1 aromatic carbocycles. The minimum absolute atomic E-state index is 0.111. The highest BCUT2D eigenvalue weighted by molar-refractivity contribution is 5.48. The lowest BCUT2D eigenvalue weighted by molar-refractivity contribution is 0.0880. The summed E-state index contributed by atoms with van der Waals surface area (Å²) < 4.78 is 14.0. The van der Waals surface area contributed by atoms with Gasteiger partial charge in [0.15, 0.2) is 0 Å². The highest BCUT2D eigenvalue weighted by Crippen LogP contribution is 2.23. The van der Waals surface area contributed by atoms with E-state index in [1.807, 2.05) is 12.1 Å². The summed E-state index contributed by atoms with van der Waals surface area (Å²) >= 11 is 0. The van der Waals surface area contributed by atoms with Crippen molar-refractivity contribution in [1.82, 2.24) is 14.8 Å². The van der Waals surface area contributed by atoms with Crippen LogP contribution in [0.25, 0.3) is 0 Å². The molecule has 2 aliphatic rings. The third-order valence-corrected chi connectivity index (χ3v) is 5.84. The highest BCUT2D eigenvalue weighted by atomic mass is 19.1. The van der Waals surface area contributed by atoms with Crippen molar-refractivity contribution < 1.29 is 4.39 Å². The molecule has 0 N–H and O–H groups in total. The van der Waals surface area contributed by atoms with Crippen molar-refractivity contribution in [2.24, 2.45) is 0 Å². The van der Waals surface area contributed by atoms with Gasteiger partial charge in [0.1, 0.15) is 5.82 Å². The lowest BCUT2D eigenvalue weighted by Crippen LogP contribution is -2.55. The molecule has 4 nitrogen and oxygen atoms in total. The van der Waals surface area contributed by atoms with Crippen molar-refractivity contribution in [1.29, 1.82) is 0 Å². The first-order chi connectivity index (χ1) is 13.2. The predicted molar refractivity (Wildman–Crippen MR) is 107 cm³/mol. The second-order valence-corrected chi connectivity index (χ2v) is 7.78. The molecule has 2 aliphatic heterocycles. The Morgan fingerprint density at radius 3 is 2.59 bits per heavy atom. The second kappa shape index (κ2) is 8.36. The maximum atomic E-state index is 14.0. The SMILES string of the molecule is Cc1cccc(CN2CCC[C@@H](N3CCN(c4ccccc4F)CC3)C2)n1. The van der Waals surface area contributed by atoms with Crippen LogP contribution in [-0.2, 0) is 6.54 Å². The number of benzene rings is 1. The van der Waals surface area contributed by atoms with Gasteiger partial charge in [0, 0.05) is 51.0 Å². The number of piperidine rings is 1. The molecule has 27 heavy (non-hydrogen) atoms. The van der Waals surface area contributed by atoms with Crippen LogP contribution in [0.5, 0.6) is 0 Å². The Bertz CT molecular complexity index is 757. The van der Waals surface area contributed by atoms with Crippen molar-refractivity contribution in [2.45, 2.75) is 32.4 Å². The number of piperazine rings is 1. The maximum absolute atomic E-state index is 14.0. The summed E-state index contributed by atoms with van der Waals surface area (Å²) in [5.41, 5.74) is 3.00. The van der Waals surface area contributed by atoms with Gasteiger partial charge in [-0.25, -0.2) is 4.39 Å². The summed E-state index contributed by atoms with van der Waals surface area (Å²) in [7, 11) is 0. The largest absolute Gasteiger partial charge is 0.367 e. The number of rotatable bonds is 4. The zero-order valence-electron chi connectivity index (χ0n) is 16.1. The lowest BCUT2D eigenvalue weighted by atomic mass is 10.0. The number of hydrogen-bond donors (Lipinski definition) is 0. The van der Waals surface area contributed by atoms with Crippen LogP contribution in [0.3, 0.4) is 0 Å². The van der Waals surface area contributed by atoms with Crippen molar-refractivity contribution in [3.05, 3.63) is 59.7 Å². The fourth-order valence-electron chi connectivity index (χ4n) is 4.43. The molecule has 0 amide bonds. The van der Waals surface area contributed by atoms with Gasteiger partial charge in [-0.2, -0.15) is 0 Å². The van der Waals surface area contributed by atoms with E-state index in [2.05, 4.69) is 44.8 Å². The van der Waals surface area contributed by atoms with E-state index in [1.54, 1.807) is 12.1 Å². The smallest absolute Gasteiger partial charge is 0.146 e. The zero-order chi connectivity index (χ0) is 18.6. The van der Waals surface area contributed by atoms with Crippen LogP contribution >= 0.6 is 0 Å². The first-order valence-electron chi connectivity index (χ1n) is 10.1. The van der Waals surface area contributed by atoms with E-state index < -0.39 is 0 Å². The Hall–Kier alpha value is -1.98. The predicted octanol–water partition coefficient (Wildman–Crippen LogP) is 3.32. The summed E-state index contributed by atoms with van der Waals surface area (Å²) in [6, 6.07) is 14.0. The Morgan fingerprint density at radius 2 is 1.81 bits per heavy atom. The minimum Gasteiger partial charge on any atom is -0.367 e. The first-order valence-corrected chi connectivity index (χ1v) is 10.1. The van der Waals surface area contributed by atoms with Gasteiger partial charge in [0.25, 0.3) is 0 Å². The van der Waals surface area contributed by atoms with E-state index in [0.29, 0.717) is 6.04 Å². The van der Waals surface area contributed by atoms with Crippen LogP contribution in [0.1, 0.15) is 24.2 Å². The molecule has 144 valence electrons. The third-order valence-electron chi connectivity index (χ3n) is 5.84.